The van der Waals surface area contributed by atoms with Gasteiger partial charge in [-0.25, -0.2) is 4.79 Å². The van der Waals surface area contributed by atoms with Crippen LogP contribution in [0.2, 0.25) is 0 Å². The minimum absolute atomic E-state index is 0.342. The van der Waals surface area contributed by atoms with E-state index in [1.807, 2.05) is 0 Å². The monoisotopic (exact) mass is 568 g/mol. The molecule has 1 heterocycles. The van der Waals surface area contributed by atoms with E-state index in [1.54, 1.807) is 0 Å². The molecular formula is C18H24N4O15S. The summed E-state index contributed by atoms with van der Waals surface area (Å²) in [5, 5.41) is 65.8. The minimum atomic E-state index is -3.84. The number of non-ortho nitro benzene ring substituents is 1. The number of aliphatic carboxylic acids is 1. The number of rotatable bonds is 13. The van der Waals surface area contributed by atoms with Crippen molar-refractivity contribution >= 4 is 39.1 Å². The molecule has 2 rings (SSSR count). The summed E-state index contributed by atoms with van der Waals surface area (Å²) < 4.78 is 36.7. The van der Waals surface area contributed by atoms with E-state index in [0.717, 1.165) is 12.3 Å². The fourth-order valence-electron chi connectivity index (χ4n) is 3.22. The van der Waals surface area contributed by atoms with Crippen LogP contribution in [-0.2, 0) is 28.6 Å². The number of nitrogens with one attached hydrogen (secondary N) is 2. The molecular weight excluding hydrogens is 544 g/mol. The van der Waals surface area contributed by atoms with Gasteiger partial charge in [0, 0.05) is 19.2 Å². The first-order valence-corrected chi connectivity index (χ1v) is 12.3. The summed E-state index contributed by atoms with van der Waals surface area (Å²) in [4.78, 5) is 44.7. The second kappa shape index (κ2) is 12.8. The van der Waals surface area contributed by atoms with Crippen molar-refractivity contribution in [2.45, 2.75) is 30.7 Å². The van der Waals surface area contributed by atoms with Crippen molar-refractivity contribution in [3.05, 3.63) is 37.9 Å². The highest BCUT2D eigenvalue weighted by atomic mass is 32.2. The molecule has 19 nitrogen and oxygen atoms in total. The number of hydrogen-bond acceptors (Lipinski definition) is 15. The number of amides is 1. The molecule has 0 unspecified atom stereocenters. The Morgan fingerprint density at radius 2 is 1.71 bits per heavy atom. The van der Waals surface area contributed by atoms with Crippen LogP contribution in [0.1, 0.15) is 10.4 Å². The van der Waals surface area contributed by atoms with Crippen LogP contribution in [0.25, 0.3) is 0 Å². The van der Waals surface area contributed by atoms with Crippen molar-refractivity contribution in [3.8, 4) is 0 Å². The quantitative estimate of drug-likeness (QED) is 0.0621. The van der Waals surface area contributed by atoms with Crippen LogP contribution in [0, 0.1) is 20.2 Å². The van der Waals surface area contributed by atoms with Gasteiger partial charge in [-0.15, -0.1) is 0 Å². The molecule has 1 aliphatic heterocycles. The maximum atomic E-state index is 12.7. The van der Waals surface area contributed by atoms with Gasteiger partial charge < -0.3 is 40.5 Å². The highest BCUT2D eigenvalue weighted by Crippen LogP contribution is 2.33. The van der Waals surface area contributed by atoms with Crippen LogP contribution in [0.15, 0.2) is 12.1 Å². The van der Waals surface area contributed by atoms with Gasteiger partial charge in [-0.05, 0) is 0 Å². The molecule has 212 valence electrons. The summed E-state index contributed by atoms with van der Waals surface area (Å²) in [6.07, 6.45) is -8.57. The number of nitrogens with zero attached hydrogens (tertiary/aromatic N) is 2. The van der Waals surface area contributed by atoms with Crippen molar-refractivity contribution in [1.29, 1.82) is 0 Å². The third-order valence-corrected chi connectivity index (χ3v) is 5.53. The number of anilines is 1. The molecule has 6 N–H and O–H groups in total. The van der Waals surface area contributed by atoms with Gasteiger partial charge in [-0.1, -0.05) is 0 Å². The fraction of sp³-hybridized carbons (Fsp3) is 0.556. The summed E-state index contributed by atoms with van der Waals surface area (Å²) in [6.45, 7) is -1.69. The summed E-state index contributed by atoms with van der Waals surface area (Å²) in [5.41, 5.74) is -2.67. The molecule has 0 aliphatic carbocycles. The Balaban J connectivity index is 2.14. The first-order chi connectivity index (χ1) is 17.6. The van der Waals surface area contributed by atoms with E-state index in [2.05, 4.69) is 14.8 Å². The summed E-state index contributed by atoms with van der Waals surface area (Å²) in [5.74, 6) is -2.70. The molecule has 0 saturated carbocycles. The second-order valence-corrected chi connectivity index (χ2v) is 9.36. The van der Waals surface area contributed by atoms with Crippen LogP contribution < -0.4 is 10.6 Å². The van der Waals surface area contributed by atoms with E-state index in [4.69, 9.17) is 14.6 Å². The molecule has 20 heteroatoms. The van der Waals surface area contributed by atoms with Crippen LogP contribution in [0.5, 0.6) is 0 Å². The molecule has 5 atom stereocenters. The highest BCUT2D eigenvalue weighted by molar-refractivity contribution is 7.85. The lowest BCUT2D eigenvalue weighted by Crippen LogP contribution is -2.60. The molecule has 1 aromatic rings. The topological polar surface area (TPSA) is 287 Å². The highest BCUT2D eigenvalue weighted by Gasteiger charge is 2.47. The van der Waals surface area contributed by atoms with E-state index in [0.29, 0.717) is 6.07 Å². The molecule has 38 heavy (non-hydrogen) atoms. The number of ether oxygens (including phenoxy) is 2. The van der Waals surface area contributed by atoms with Gasteiger partial charge in [-0.2, -0.15) is 8.42 Å². The minimum Gasteiger partial charge on any atom is -0.479 e. The zero-order chi connectivity index (χ0) is 28.8. The lowest BCUT2D eigenvalue weighted by molar-refractivity contribution is -0.393. The SMILES string of the molecule is CS(=O)(=O)OCCNc1c(C(=O)NCCO[C@@H]2O[C@H](C(=O)O)[C@@H](O)[C@H](O)[C@H]2O)cc([N+](=O)[O-])cc1[N+](=O)[O-]. The van der Waals surface area contributed by atoms with E-state index >= 15 is 0 Å². The van der Waals surface area contributed by atoms with Crippen molar-refractivity contribution < 1.29 is 61.9 Å². The number of aliphatic hydroxyl groups is 3. The third kappa shape index (κ3) is 7.98. The van der Waals surface area contributed by atoms with Crippen molar-refractivity contribution in [3.63, 3.8) is 0 Å². The van der Waals surface area contributed by atoms with E-state index in [1.165, 1.54) is 0 Å². The Labute approximate surface area is 213 Å². The van der Waals surface area contributed by atoms with Gasteiger partial charge >= 0.3 is 5.97 Å². The molecule has 0 radical (unpaired) electrons. The number of carboxylic acid groups (broad SMARTS) is 1. The van der Waals surface area contributed by atoms with Gasteiger partial charge in [-0.3, -0.25) is 29.2 Å². The third-order valence-electron chi connectivity index (χ3n) is 4.94. The number of carbonyl (C=O) groups excluding carboxylic acids is 1. The number of nitro groups is 2. The van der Waals surface area contributed by atoms with E-state index in [9.17, 15) is 53.6 Å². The maximum Gasteiger partial charge on any atom is 0.335 e. The van der Waals surface area contributed by atoms with Crippen LogP contribution >= 0.6 is 0 Å². The molecule has 1 saturated heterocycles. The Kier molecular flexibility index (Phi) is 10.4. The standard InChI is InChI=1S/C18H24N4O15S/c1-38(33,34)36-5-3-19-11-9(6-8(21(29)30)7-10(11)22(31)32)16(26)20-2-4-35-18-14(25)12(23)13(24)15(37-18)17(27)28/h6-7,12-15,18-19,23-25H,2-5H2,1H3,(H,20,26)(H,27,28)/t12-,13-,14+,15-,18+/m0/s1. The Morgan fingerprint density at radius 3 is 2.26 bits per heavy atom. The predicted molar refractivity (Wildman–Crippen MR) is 122 cm³/mol. The first-order valence-electron chi connectivity index (χ1n) is 10.5. The van der Waals surface area contributed by atoms with Crippen molar-refractivity contribution in [1.82, 2.24) is 5.32 Å². The molecule has 1 aromatic carbocycles. The number of hydrogen-bond donors (Lipinski definition) is 6. The summed E-state index contributed by atoms with van der Waals surface area (Å²) in [6, 6.07) is 1.34. The molecule has 0 aromatic heterocycles. The normalized spacial score (nSPS) is 23.4. The predicted octanol–water partition coefficient (Wildman–Crippen LogP) is -2.47. The fourth-order valence-corrected chi connectivity index (χ4v) is 3.61. The van der Waals surface area contributed by atoms with Gasteiger partial charge in [0.1, 0.15) is 24.0 Å². The average Bonchev–Trinajstić information content (AvgIpc) is 2.82. The summed E-state index contributed by atoms with van der Waals surface area (Å²) >= 11 is 0. The Morgan fingerprint density at radius 1 is 1.05 bits per heavy atom. The van der Waals surface area contributed by atoms with Crippen molar-refractivity contribution in [2.24, 2.45) is 0 Å². The van der Waals surface area contributed by atoms with Crippen LogP contribution in [-0.4, -0.2) is 114 Å². The average molecular weight is 568 g/mol. The largest absolute Gasteiger partial charge is 0.479 e. The van der Waals surface area contributed by atoms with E-state index < -0.39 is 105 Å². The maximum absolute atomic E-state index is 12.7. The number of carboxylic acids is 1. The Bertz CT molecular complexity index is 1180. The Hall–Kier alpha value is -3.53. The zero-order valence-corrected chi connectivity index (χ0v) is 20.3. The molecule has 1 amide bonds. The number of aliphatic hydroxyl groups excluding tert-OH is 3. The molecule has 0 bridgehead atoms. The van der Waals surface area contributed by atoms with Gasteiger partial charge in [0.25, 0.3) is 27.4 Å². The van der Waals surface area contributed by atoms with Crippen LogP contribution in [0.3, 0.4) is 0 Å². The second-order valence-electron chi connectivity index (χ2n) is 7.72. The lowest BCUT2D eigenvalue weighted by atomic mass is 9.99. The van der Waals surface area contributed by atoms with Gasteiger partial charge in [0.05, 0.1) is 40.9 Å². The molecule has 0 spiro atoms. The smallest absolute Gasteiger partial charge is 0.335 e. The lowest BCUT2D eigenvalue weighted by Gasteiger charge is -2.38. The summed E-state index contributed by atoms with van der Waals surface area (Å²) in [7, 11) is -3.84. The first kappa shape index (κ1) is 30.7. The van der Waals surface area contributed by atoms with Crippen molar-refractivity contribution in [2.75, 3.05) is 37.9 Å². The van der Waals surface area contributed by atoms with Crippen LogP contribution in [0.4, 0.5) is 17.1 Å². The molecule has 1 aliphatic rings. The zero-order valence-electron chi connectivity index (χ0n) is 19.5. The van der Waals surface area contributed by atoms with E-state index in [-0.39, 0.29) is 6.54 Å². The number of benzene rings is 1. The number of nitro benzene ring substituents is 2. The molecule has 1 fully saturated rings. The van der Waals surface area contributed by atoms with Gasteiger partial charge in [0.2, 0.25) is 0 Å². The van der Waals surface area contributed by atoms with Gasteiger partial charge in [0.15, 0.2) is 12.4 Å². The number of carbonyl (C=O) groups is 2.